The van der Waals surface area contributed by atoms with Gasteiger partial charge in [0.25, 0.3) is 5.56 Å². The Balaban J connectivity index is 1.55. The number of rotatable bonds is 5. The number of benzene rings is 2. The Morgan fingerprint density at radius 2 is 1.70 bits per heavy atom. The Morgan fingerprint density at radius 3 is 2.35 bits per heavy atom. The van der Waals surface area contributed by atoms with E-state index < -0.39 is 0 Å². The van der Waals surface area contributed by atoms with Gasteiger partial charge in [-0.1, -0.05) is 6.07 Å². The molecule has 0 amide bonds. The number of piperazine rings is 1. The van der Waals surface area contributed by atoms with Crippen LogP contribution in [0.15, 0.2) is 47.3 Å². The highest BCUT2D eigenvalue weighted by Gasteiger charge is 2.35. The molecule has 3 heterocycles. The molecule has 1 N–H and O–H groups in total. The Hall–Kier alpha value is -3.72. The number of tetrazole rings is 1. The molecule has 1 aliphatic heterocycles. The van der Waals surface area contributed by atoms with E-state index in [1.807, 2.05) is 35.9 Å². The third kappa shape index (κ3) is 4.83. The standard InChI is InChI=1S/C28H35N7O2/c1-18-15-19(2)22-17-23(27(36)29-24(22)16-18)25(26-30-31-32-35(26)28(3,4)5)34-13-11-33(12-14-34)20-7-9-21(37-6)10-8-20/h7-10,15-17,25H,11-14H2,1-6H3,(H,29,36)/t25-/m1/s1. The molecule has 0 radical (unpaired) electrons. The summed E-state index contributed by atoms with van der Waals surface area (Å²) in [7, 11) is 1.68. The lowest BCUT2D eigenvalue weighted by Gasteiger charge is -2.40. The number of nitrogens with one attached hydrogen (secondary N) is 1. The molecule has 1 fully saturated rings. The molecule has 2 aromatic heterocycles. The van der Waals surface area contributed by atoms with E-state index >= 15 is 0 Å². The summed E-state index contributed by atoms with van der Waals surface area (Å²) in [6, 6.07) is 14.0. The van der Waals surface area contributed by atoms with Crippen molar-refractivity contribution in [3.05, 3.63) is 75.3 Å². The minimum absolute atomic E-state index is 0.108. The van der Waals surface area contributed by atoms with E-state index in [0.717, 1.165) is 59.6 Å². The van der Waals surface area contributed by atoms with Crippen LogP contribution in [0.25, 0.3) is 10.9 Å². The number of pyridine rings is 1. The molecule has 0 spiro atoms. The van der Waals surface area contributed by atoms with Gasteiger partial charge in [-0.2, -0.15) is 0 Å². The minimum Gasteiger partial charge on any atom is -0.497 e. The van der Waals surface area contributed by atoms with Crippen LogP contribution in [0.5, 0.6) is 5.75 Å². The highest BCUT2D eigenvalue weighted by Crippen LogP contribution is 2.32. The van der Waals surface area contributed by atoms with Crippen molar-refractivity contribution < 1.29 is 4.74 Å². The molecule has 1 saturated heterocycles. The van der Waals surface area contributed by atoms with Crippen LogP contribution in [0.2, 0.25) is 0 Å². The number of nitrogens with zero attached hydrogens (tertiary/aromatic N) is 6. The molecule has 4 aromatic rings. The zero-order valence-corrected chi connectivity index (χ0v) is 22.4. The van der Waals surface area contributed by atoms with E-state index in [0.29, 0.717) is 11.4 Å². The molecule has 0 saturated carbocycles. The molecule has 0 aliphatic carbocycles. The summed E-state index contributed by atoms with van der Waals surface area (Å²) < 4.78 is 7.16. The summed E-state index contributed by atoms with van der Waals surface area (Å²) in [5.74, 6) is 1.53. The second kappa shape index (κ2) is 9.63. The molecule has 1 atom stereocenters. The Kier molecular flexibility index (Phi) is 6.49. The second-order valence-electron chi connectivity index (χ2n) is 10.8. The lowest BCUT2D eigenvalue weighted by atomic mass is 9.98. The minimum atomic E-state index is -0.374. The van der Waals surface area contributed by atoms with E-state index in [2.05, 4.69) is 76.2 Å². The van der Waals surface area contributed by atoms with Gasteiger partial charge in [0.1, 0.15) is 11.8 Å². The first kappa shape index (κ1) is 25.0. The van der Waals surface area contributed by atoms with Gasteiger partial charge in [-0.05, 0) is 92.6 Å². The van der Waals surface area contributed by atoms with Crippen molar-refractivity contribution in [2.75, 3.05) is 38.2 Å². The molecule has 0 bridgehead atoms. The molecular formula is C28H35N7O2. The Bertz CT molecular complexity index is 1460. The van der Waals surface area contributed by atoms with Gasteiger partial charge in [0.2, 0.25) is 0 Å². The number of aromatic amines is 1. The van der Waals surface area contributed by atoms with Gasteiger partial charge < -0.3 is 14.6 Å². The third-order valence-electron chi connectivity index (χ3n) is 7.13. The zero-order chi connectivity index (χ0) is 26.3. The molecule has 37 heavy (non-hydrogen) atoms. The highest BCUT2D eigenvalue weighted by molar-refractivity contribution is 5.83. The maximum absolute atomic E-state index is 13.6. The maximum atomic E-state index is 13.6. The van der Waals surface area contributed by atoms with Gasteiger partial charge in [0.05, 0.1) is 12.6 Å². The van der Waals surface area contributed by atoms with Crippen LogP contribution < -0.4 is 15.2 Å². The van der Waals surface area contributed by atoms with Crippen molar-refractivity contribution in [3.8, 4) is 5.75 Å². The van der Waals surface area contributed by atoms with Gasteiger partial charge in [-0.25, -0.2) is 4.68 Å². The Labute approximate surface area is 217 Å². The number of anilines is 1. The summed E-state index contributed by atoms with van der Waals surface area (Å²) in [6.07, 6.45) is 0. The number of hydrogen-bond acceptors (Lipinski definition) is 7. The van der Waals surface area contributed by atoms with E-state index in [1.165, 1.54) is 0 Å². The predicted octanol–water partition coefficient (Wildman–Crippen LogP) is 3.81. The molecule has 1 aliphatic rings. The summed E-state index contributed by atoms with van der Waals surface area (Å²) in [5, 5.41) is 13.9. The fourth-order valence-corrected chi connectivity index (χ4v) is 5.27. The molecule has 2 aromatic carbocycles. The molecule has 194 valence electrons. The van der Waals surface area contributed by atoms with Crippen LogP contribution in [-0.4, -0.2) is 63.4 Å². The predicted molar refractivity (Wildman–Crippen MR) is 145 cm³/mol. The van der Waals surface area contributed by atoms with Gasteiger partial charge >= 0.3 is 0 Å². The van der Waals surface area contributed by atoms with Crippen LogP contribution in [-0.2, 0) is 5.54 Å². The normalized spacial score (nSPS) is 15.8. The van der Waals surface area contributed by atoms with Crippen LogP contribution in [0.3, 0.4) is 0 Å². The fourth-order valence-electron chi connectivity index (χ4n) is 5.27. The lowest BCUT2D eigenvalue weighted by molar-refractivity contribution is 0.190. The monoisotopic (exact) mass is 501 g/mol. The summed E-state index contributed by atoms with van der Waals surface area (Å²) >= 11 is 0. The number of hydrogen-bond donors (Lipinski definition) is 1. The second-order valence-corrected chi connectivity index (χ2v) is 10.8. The number of aryl methyl sites for hydroxylation is 2. The van der Waals surface area contributed by atoms with Gasteiger partial charge in [-0.3, -0.25) is 9.69 Å². The first-order chi connectivity index (χ1) is 17.7. The van der Waals surface area contributed by atoms with Crippen LogP contribution in [0.4, 0.5) is 5.69 Å². The largest absolute Gasteiger partial charge is 0.497 e. The summed E-state index contributed by atoms with van der Waals surface area (Å²) in [4.78, 5) is 21.4. The van der Waals surface area contributed by atoms with E-state index in [4.69, 9.17) is 4.74 Å². The highest BCUT2D eigenvalue weighted by atomic mass is 16.5. The number of aromatic nitrogens is 5. The van der Waals surface area contributed by atoms with Gasteiger partial charge in [0.15, 0.2) is 5.82 Å². The van der Waals surface area contributed by atoms with Crippen molar-refractivity contribution in [1.82, 2.24) is 30.1 Å². The summed E-state index contributed by atoms with van der Waals surface area (Å²) in [6.45, 7) is 13.5. The fraction of sp³-hybridized carbons (Fsp3) is 0.429. The number of methoxy groups -OCH3 is 1. The Morgan fingerprint density at radius 1 is 1.00 bits per heavy atom. The average Bonchev–Trinajstić information content (AvgIpc) is 3.35. The molecule has 5 rings (SSSR count). The van der Waals surface area contributed by atoms with Crippen molar-refractivity contribution in [2.45, 2.75) is 46.2 Å². The SMILES string of the molecule is COc1ccc(N2CCN([C@H](c3cc4c(C)cc(C)cc4[nH]c3=O)c3nnnn3C(C)(C)C)CC2)cc1. The van der Waals surface area contributed by atoms with Crippen molar-refractivity contribution in [2.24, 2.45) is 0 Å². The lowest BCUT2D eigenvalue weighted by Crippen LogP contribution is -2.49. The van der Waals surface area contributed by atoms with E-state index in [9.17, 15) is 4.79 Å². The van der Waals surface area contributed by atoms with Crippen molar-refractivity contribution in [1.29, 1.82) is 0 Å². The first-order valence-corrected chi connectivity index (χ1v) is 12.7. The van der Waals surface area contributed by atoms with Crippen LogP contribution in [0, 0.1) is 13.8 Å². The van der Waals surface area contributed by atoms with Crippen LogP contribution >= 0.6 is 0 Å². The average molecular weight is 502 g/mol. The first-order valence-electron chi connectivity index (χ1n) is 12.7. The quantitative estimate of drug-likeness (QED) is 0.445. The third-order valence-corrected chi connectivity index (χ3v) is 7.13. The van der Waals surface area contributed by atoms with Gasteiger partial charge in [0, 0.05) is 48.3 Å². The van der Waals surface area contributed by atoms with Crippen LogP contribution in [0.1, 0.15) is 49.3 Å². The van der Waals surface area contributed by atoms with E-state index in [-0.39, 0.29) is 17.1 Å². The van der Waals surface area contributed by atoms with Crippen molar-refractivity contribution >= 4 is 16.6 Å². The zero-order valence-electron chi connectivity index (χ0n) is 22.4. The topological polar surface area (TPSA) is 92.2 Å². The molecular weight excluding hydrogens is 466 g/mol. The molecule has 0 unspecified atom stereocenters. The van der Waals surface area contributed by atoms with Crippen molar-refractivity contribution in [3.63, 3.8) is 0 Å². The number of ether oxygens (including phenoxy) is 1. The summed E-state index contributed by atoms with van der Waals surface area (Å²) in [5.41, 5.74) is 4.48. The maximum Gasteiger partial charge on any atom is 0.253 e. The van der Waals surface area contributed by atoms with E-state index in [1.54, 1.807) is 7.11 Å². The molecule has 9 heteroatoms. The van der Waals surface area contributed by atoms with Gasteiger partial charge in [-0.15, -0.1) is 5.10 Å². The smallest absolute Gasteiger partial charge is 0.253 e. The number of H-pyrrole nitrogens is 1. The number of fused-ring (bicyclic) bond motifs is 1. The molecule has 9 nitrogen and oxygen atoms in total.